The zero-order chi connectivity index (χ0) is 51.1. The standard InChI is InChI=1S/2C27H35.C12H7Si.2ClH.Zr/c2*1-16(2)21-12-22(17(3)4)14-24(13-21)27-25(19(7)8)10-9-20-11-23(18(5)6)15-26(20)27;1-3-7-11-9(5-1)10-6-2-4-8-12(10)13-11;;;/h2*9-19H,1-8H3;1-7H;2*1H;/q3*-1;;;+2/p-2. The van der Waals surface area contributed by atoms with Gasteiger partial charge in [0.1, 0.15) is 0 Å². The summed E-state index contributed by atoms with van der Waals surface area (Å²) in [6, 6.07) is 51.6. The molecule has 8 aromatic rings. The maximum absolute atomic E-state index is 4.93. The van der Waals surface area contributed by atoms with Crippen molar-refractivity contribution in [1.82, 2.24) is 0 Å². The second-order valence-corrected chi connectivity index (χ2v) is 26.9. The zero-order valence-corrected chi connectivity index (χ0v) is 50.0. The van der Waals surface area contributed by atoms with Gasteiger partial charge in [-0.3, -0.25) is 0 Å². The van der Waals surface area contributed by atoms with Crippen molar-refractivity contribution in [3.63, 3.8) is 0 Å². The summed E-state index contributed by atoms with van der Waals surface area (Å²) in [6.07, 6.45) is 0. The van der Waals surface area contributed by atoms with E-state index in [-0.39, 0.29) is 0 Å². The fourth-order valence-electron chi connectivity index (χ4n) is 9.62. The van der Waals surface area contributed by atoms with Gasteiger partial charge in [0.25, 0.3) is 0 Å². The first-order valence-corrected chi connectivity index (χ1v) is 33.2. The van der Waals surface area contributed by atoms with Crippen LogP contribution in [0.1, 0.15) is 203 Å². The minimum Gasteiger partial charge on any atom is -0.184 e. The van der Waals surface area contributed by atoms with Crippen molar-refractivity contribution in [3.05, 3.63) is 178 Å². The SMILES string of the molecule is CC(C)c1cc(-c2c(C(C)C)ccc3[cH-]c(C(C)C)cc23)cc(C(C)C)c1.CC(C)c1cc(-c2c(C(C)C)ccc3[cH-]c(C(C)C)cc23)cc(C(C)C)c1.[Cl][Zr][Cl].[c-]1cccc2c1[Si]c1ccccc1-2. The van der Waals surface area contributed by atoms with E-state index in [1.165, 1.54) is 110 Å². The van der Waals surface area contributed by atoms with Crippen LogP contribution in [0.25, 0.3) is 54.9 Å². The topological polar surface area (TPSA) is 0 Å². The summed E-state index contributed by atoms with van der Waals surface area (Å²) in [4.78, 5) is 0. The molecule has 9 rings (SSSR count). The number of benzene rings is 6. The Morgan fingerprint density at radius 3 is 1.19 bits per heavy atom. The maximum Gasteiger partial charge on any atom is 0.0920 e. The number of halogens is 2. The molecule has 70 heavy (non-hydrogen) atoms. The first-order chi connectivity index (χ1) is 33.2. The van der Waals surface area contributed by atoms with Gasteiger partial charge in [-0.05, 0) is 80.7 Å². The molecule has 0 aliphatic carbocycles. The Morgan fingerprint density at radius 1 is 0.429 bits per heavy atom. The summed E-state index contributed by atoms with van der Waals surface area (Å²) < 4.78 is 0. The van der Waals surface area contributed by atoms with Crippen molar-refractivity contribution in [2.45, 2.75) is 158 Å². The molecule has 0 fully saturated rings. The minimum absolute atomic E-state index is 0.506. The van der Waals surface area contributed by atoms with Crippen molar-refractivity contribution >= 4 is 58.5 Å². The summed E-state index contributed by atoms with van der Waals surface area (Å²) in [6.45, 7) is 36.8. The second kappa shape index (κ2) is 24.8. The molecule has 0 nitrogen and oxygen atoms in total. The van der Waals surface area contributed by atoms with E-state index in [2.05, 4.69) is 238 Å². The first kappa shape index (κ1) is 55.5. The van der Waals surface area contributed by atoms with Crippen molar-refractivity contribution < 1.29 is 20.8 Å². The largest absolute Gasteiger partial charge is 0.184 e. The van der Waals surface area contributed by atoms with E-state index in [1.807, 2.05) is 6.07 Å². The van der Waals surface area contributed by atoms with E-state index >= 15 is 0 Å². The molecule has 0 amide bonds. The fraction of sp³-hybridized carbons (Fsp3) is 0.364. The van der Waals surface area contributed by atoms with Gasteiger partial charge in [0.15, 0.2) is 0 Å². The molecule has 1 aliphatic rings. The molecule has 0 unspecified atom stereocenters. The molecular formula is C66H77Cl2SiZr-3. The van der Waals surface area contributed by atoms with Gasteiger partial charge in [-0.2, -0.15) is 41.6 Å². The Hall–Kier alpha value is -3.78. The predicted octanol–water partition coefficient (Wildman–Crippen LogP) is 19.9. The molecule has 4 heteroatoms. The van der Waals surface area contributed by atoms with E-state index < -0.39 is 20.8 Å². The van der Waals surface area contributed by atoms with Crippen LogP contribution in [0.15, 0.2) is 127 Å². The van der Waals surface area contributed by atoms with E-state index in [4.69, 9.17) is 17.0 Å². The van der Waals surface area contributed by atoms with Crippen molar-refractivity contribution in [1.29, 1.82) is 0 Å². The van der Waals surface area contributed by atoms with Gasteiger partial charge < -0.3 is 0 Å². The first-order valence-electron chi connectivity index (χ1n) is 25.8. The average molecular weight is 1060 g/mol. The van der Waals surface area contributed by atoms with Crippen LogP contribution in [0.5, 0.6) is 0 Å². The van der Waals surface area contributed by atoms with Crippen LogP contribution in [-0.4, -0.2) is 9.52 Å². The van der Waals surface area contributed by atoms with Crippen LogP contribution in [0, 0.1) is 6.07 Å². The molecule has 366 valence electrons. The van der Waals surface area contributed by atoms with Gasteiger partial charge in [0, 0.05) is 0 Å². The summed E-state index contributed by atoms with van der Waals surface area (Å²) in [5.41, 5.74) is 20.0. The molecular weight excluding hydrogens is 983 g/mol. The molecule has 0 bridgehead atoms. The van der Waals surface area contributed by atoms with Crippen molar-refractivity contribution in [3.8, 4) is 33.4 Å². The number of hydrogen-bond acceptors (Lipinski definition) is 0. The van der Waals surface area contributed by atoms with Crippen LogP contribution >= 0.6 is 17.0 Å². The van der Waals surface area contributed by atoms with Crippen LogP contribution in [0.3, 0.4) is 0 Å². The van der Waals surface area contributed by atoms with E-state index in [9.17, 15) is 0 Å². The van der Waals surface area contributed by atoms with E-state index in [1.54, 1.807) is 0 Å². The van der Waals surface area contributed by atoms with Crippen LogP contribution < -0.4 is 10.4 Å². The third-order valence-electron chi connectivity index (χ3n) is 14.0. The Balaban J connectivity index is 0.000000176. The molecule has 8 aromatic carbocycles. The van der Waals surface area contributed by atoms with Crippen molar-refractivity contribution in [2.75, 3.05) is 0 Å². The molecule has 0 aromatic heterocycles. The minimum atomic E-state index is -0.826. The van der Waals surface area contributed by atoms with Crippen molar-refractivity contribution in [2.24, 2.45) is 0 Å². The Morgan fingerprint density at radius 2 is 0.814 bits per heavy atom. The molecule has 0 spiro atoms. The summed E-state index contributed by atoms with van der Waals surface area (Å²) in [7, 11) is 10.7. The molecule has 0 N–H and O–H groups in total. The van der Waals surface area contributed by atoms with Crippen LogP contribution in [0.2, 0.25) is 0 Å². The predicted molar refractivity (Wildman–Crippen MR) is 310 cm³/mol. The van der Waals surface area contributed by atoms with Gasteiger partial charge in [-0.15, -0.1) is 74.6 Å². The van der Waals surface area contributed by atoms with Gasteiger partial charge >= 0.3 is 37.9 Å². The molecule has 0 atom stereocenters. The molecule has 0 saturated carbocycles. The number of fused-ring (bicyclic) bond motifs is 5. The van der Waals surface area contributed by atoms with Crippen LogP contribution in [-0.2, 0) is 20.8 Å². The van der Waals surface area contributed by atoms with Gasteiger partial charge in [0.05, 0.1) is 9.52 Å². The molecule has 1 heterocycles. The smallest absolute Gasteiger partial charge is 0.0920 e. The summed E-state index contributed by atoms with van der Waals surface area (Å²) >= 11 is -0.826. The van der Waals surface area contributed by atoms with Gasteiger partial charge in [-0.1, -0.05) is 204 Å². The number of hydrogen-bond donors (Lipinski definition) is 0. The number of rotatable bonds is 10. The van der Waals surface area contributed by atoms with Gasteiger partial charge in [-0.25, -0.2) is 0 Å². The quantitative estimate of drug-likeness (QED) is 0.0946. The normalized spacial score (nSPS) is 12.0. The Bertz CT molecular complexity index is 2730. The Kier molecular flexibility index (Phi) is 19.6. The average Bonchev–Trinajstić information content (AvgIpc) is 4.07. The molecule has 2 radical (unpaired) electrons. The second-order valence-electron chi connectivity index (χ2n) is 21.9. The molecule has 0 saturated heterocycles. The van der Waals surface area contributed by atoms with E-state index in [0.717, 1.165) is 9.52 Å². The maximum atomic E-state index is 4.93. The monoisotopic (exact) mass is 1060 g/mol. The molecule has 1 aliphatic heterocycles. The zero-order valence-electron chi connectivity index (χ0n) is 45.0. The fourth-order valence-corrected chi connectivity index (χ4v) is 10.9. The van der Waals surface area contributed by atoms with E-state index in [0.29, 0.717) is 47.3 Å². The van der Waals surface area contributed by atoms with Gasteiger partial charge in [0.2, 0.25) is 0 Å². The Labute approximate surface area is 445 Å². The third kappa shape index (κ3) is 13.1. The summed E-state index contributed by atoms with van der Waals surface area (Å²) in [5, 5.41) is 8.41. The van der Waals surface area contributed by atoms with Crippen LogP contribution in [0.4, 0.5) is 0 Å². The third-order valence-corrected chi connectivity index (χ3v) is 15.4. The summed E-state index contributed by atoms with van der Waals surface area (Å²) in [5.74, 6) is 4.27.